The normalized spacial score (nSPS) is 26.1. The molecule has 3 heterocycles. The van der Waals surface area contributed by atoms with Crippen LogP contribution in [0.15, 0.2) is 29.1 Å². The highest BCUT2D eigenvalue weighted by atomic mass is 16.1. The summed E-state index contributed by atoms with van der Waals surface area (Å²) in [7, 11) is 0. The van der Waals surface area contributed by atoms with Gasteiger partial charge in [0.15, 0.2) is 0 Å². The number of hydrogen-bond acceptors (Lipinski definition) is 4. The lowest BCUT2D eigenvalue weighted by Crippen LogP contribution is -2.44. The summed E-state index contributed by atoms with van der Waals surface area (Å²) in [5.74, 6) is 1.54. The van der Waals surface area contributed by atoms with Crippen molar-refractivity contribution in [3.8, 4) is 0 Å². The van der Waals surface area contributed by atoms with Crippen LogP contribution in [0.4, 0.5) is 0 Å². The van der Waals surface area contributed by atoms with E-state index in [1.54, 1.807) is 0 Å². The number of para-hydroxylation sites is 1. The maximum atomic E-state index is 12.1. The monoisotopic (exact) mass is 284 g/mol. The number of likely N-dealkylation sites (tertiary alicyclic amines) is 1. The van der Waals surface area contributed by atoms with Crippen molar-refractivity contribution < 1.29 is 0 Å². The number of H-pyrrole nitrogens is 1. The summed E-state index contributed by atoms with van der Waals surface area (Å²) in [6, 6.07) is 8.12. The fourth-order valence-corrected chi connectivity index (χ4v) is 3.76. The van der Waals surface area contributed by atoms with Crippen molar-refractivity contribution in [3.05, 3.63) is 40.4 Å². The lowest BCUT2D eigenvalue weighted by Gasteiger charge is -2.36. The van der Waals surface area contributed by atoms with Crippen LogP contribution in [0.2, 0.25) is 0 Å². The summed E-state index contributed by atoms with van der Waals surface area (Å²) in [5, 5.41) is 4.15. The van der Waals surface area contributed by atoms with Gasteiger partial charge in [0.25, 0.3) is 5.56 Å². The van der Waals surface area contributed by atoms with Crippen LogP contribution in [0.3, 0.4) is 0 Å². The van der Waals surface area contributed by atoms with Gasteiger partial charge in [-0.05, 0) is 44.0 Å². The average Bonchev–Trinajstić information content (AvgIpc) is 2.97. The van der Waals surface area contributed by atoms with E-state index in [9.17, 15) is 4.79 Å². The number of rotatable bonds is 2. The van der Waals surface area contributed by atoms with E-state index < -0.39 is 0 Å². The fraction of sp³-hybridized carbons (Fsp3) is 0.500. The van der Waals surface area contributed by atoms with Crippen molar-refractivity contribution in [3.63, 3.8) is 0 Å². The zero-order valence-electron chi connectivity index (χ0n) is 12.0. The van der Waals surface area contributed by atoms with E-state index in [1.165, 1.54) is 12.8 Å². The summed E-state index contributed by atoms with van der Waals surface area (Å²) in [6.45, 7) is 4.02. The third-order valence-electron chi connectivity index (χ3n) is 4.81. The number of aromatic amines is 1. The molecule has 21 heavy (non-hydrogen) atoms. The summed E-state index contributed by atoms with van der Waals surface area (Å²) >= 11 is 0. The van der Waals surface area contributed by atoms with Crippen molar-refractivity contribution >= 4 is 10.9 Å². The van der Waals surface area contributed by atoms with E-state index in [1.807, 2.05) is 24.3 Å². The maximum absolute atomic E-state index is 12.1. The molecule has 2 aromatic rings. The first-order valence-corrected chi connectivity index (χ1v) is 7.74. The predicted molar refractivity (Wildman–Crippen MR) is 82.2 cm³/mol. The smallest absolute Gasteiger partial charge is 0.258 e. The lowest BCUT2D eigenvalue weighted by molar-refractivity contribution is 0.114. The Morgan fingerprint density at radius 3 is 3.14 bits per heavy atom. The van der Waals surface area contributed by atoms with Crippen LogP contribution in [0.5, 0.6) is 0 Å². The molecule has 2 saturated heterocycles. The van der Waals surface area contributed by atoms with Gasteiger partial charge in [0.2, 0.25) is 0 Å². The molecule has 0 saturated carbocycles. The third kappa shape index (κ3) is 2.36. The second-order valence-electron chi connectivity index (χ2n) is 6.13. The molecule has 110 valence electrons. The molecule has 2 aliphatic heterocycles. The number of aromatic nitrogens is 2. The molecule has 0 spiro atoms. The third-order valence-corrected chi connectivity index (χ3v) is 4.81. The Morgan fingerprint density at radius 2 is 2.19 bits per heavy atom. The molecule has 2 aliphatic rings. The van der Waals surface area contributed by atoms with Crippen molar-refractivity contribution in [2.45, 2.75) is 25.4 Å². The number of piperidine rings is 1. The molecule has 2 atom stereocenters. The van der Waals surface area contributed by atoms with Gasteiger partial charge in [-0.3, -0.25) is 9.69 Å². The topological polar surface area (TPSA) is 61.0 Å². The van der Waals surface area contributed by atoms with Gasteiger partial charge in [0, 0.05) is 12.6 Å². The summed E-state index contributed by atoms with van der Waals surface area (Å²) in [6.07, 6.45) is 2.55. The Bertz CT molecular complexity index is 711. The minimum Gasteiger partial charge on any atom is -0.315 e. The summed E-state index contributed by atoms with van der Waals surface area (Å²) in [4.78, 5) is 22.2. The minimum atomic E-state index is -0.0336. The SMILES string of the molecule is O=c1[nH]c(CN2CCCC3CNCC32)nc2ccccc12. The molecule has 5 heteroatoms. The van der Waals surface area contributed by atoms with Crippen LogP contribution in [0.25, 0.3) is 10.9 Å². The standard InChI is InChI=1S/C16H20N4O/c21-16-12-5-1-2-6-13(12)18-15(19-16)10-20-7-3-4-11-8-17-9-14(11)20/h1-2,5-6,11,14,17H,3-4,7-10H2,(H,18,19,21). The van der Waals surface area contributed by atoms with Gasteiger partial charge in [-0.2, -0.15) is 0 Å². The number of nitrogens with one attached hydrogen (secondary N) is 2. The molecular weight excluding hydrogens is 264 g/mol. The average molecular weight is 284 g/mol. The second-order valence-corrected chi connectivity index (χ2v) is 6.13. The van der Waals surface area contributed by atoms with Crippen LogP contribution < -0.4 is 10.9 Å². The minimum absolute atomic E-state index is 0.0336. The molecule has 1 aromatic carbocycles. The predicted octanol–water partition coefficient (Wildman–Crippen LogP) is 1.11. The van der Waals surface area contributed by atoms with Crippen LogP contribution in [0, 0.1) is 5.92 Å². The number of hydrogen-bond donors (Lipinski definition) is 2. The molecule has 2 fully saturated rings. The van der Waals surface area contributed by atoms with Crippen molar-refractivity contribution in [2.75, 3.05) is 19.6 Å². The van der Waals surface area contributed by atoms with Crippen LogP contribution >= 0.6 is 0 Å². The number of benzene rings is 1. The van der Waals surface area contributed by atoms with Gasteiger partial charge < -0.3 is 10.3 Å². The Morgan fingerprint density at radius 1 is 1.29 bits per heavy atom. The van der Waals surface area contributed by atoms with E-state index in [4.69, 9.17) is 0 Å². The van der Waals surface area contributed by atoms with Gasteiger partial charge in [-0.25, -0.2) is 4.98 Å². The number of fused-ring (bicyclic) bond motifs is 2. The van der Waals surface area contributed by atoms with Crippen molar-refractivity contribution in [1.29, 1.82) is 0 Å². The first-order chi connectivity index (χ1) is 10.3. The zero-order valence-corrected chi connectivity index (χ0v) is 12.0. The molecule has 0 bridgehead atoms. The molecular formula is C16H20N4O. The highest BCUT2D eigenvalue weighted by molar-refractivity contribution is 5.77. The molecule has 1 aromatic heterocycles. The largest absolute Gasteiger partial charge is 0.315 e. The molecule has 4 rings (SSSR count). The highest BCUT2D eigenvalue weighted by Crippen LogP contribution is 2.27. The van der Waals surface area contributed by atoms with Gasteiger partial charge in [0.05, 0.1) is 17.4 Å². The molecule has 2 N–H and O–H groups in total. The maximum Gasteiger partial charge on any atom is 0.258 e. The zero-order chi connectivity index (χ0) is 14.2. The Hall–Kier alpha value is -1.72. The fourth-order valence-electron chi connectivity index (χ4n) is 3.76. The second kappa shape index (κ2) is 5.24. The lowest BCUT2D eigenvalue weighted by atomic mass is 9.92. The van der Waals surface area contributed by atoms with Crippen LogP contribution in [-0.4, -0.2) is 40.5 Å². The highest BCUT2D eigenvalue weighted by Gasteiger charge is 2.34. The Balaban J connectivity index is 1.63. The van der Waals surface area contributed by atoms with Gasteiger partial charge in [-0.15, -0.1) is 0 Å². The molecule has 2 unspecified atom stereocenters. The Kier molecular flexibility index (Phi) is 3.24. The molecule has 0 amide bonds. The number of nitrogens with zero attached hydrogens (tertiary/aromatic N) is 2. The van der Waals surface area contributed by atoms with Gasteiger partial charge in [0.1, 0.15) is 5.82 Å². The van der Waals surface area contributed by atoms with Gasteiger partial charge in [-0.1, -0.05) is 12.1 Å². The summed E-state index contributed by atoms with van der Waals surface area (Å²) < 4.78 is 0. The van der Waals surface area contributed by atoms with E-state index in [0.29, 0.717) is 11.4 Å². The molecule has 5 nitrogen and oxygen atoms in total. The van der Waals surface area contributed by atoms with Crippen LogP contribution in [0.1, 0.15) is 18.7 Å². The van der Waals surface area contributed by atoms with Gasteiger partial charge >= 0.3 is 0 Å². The molecule has 0 aliphatic carbocycles. The van der Waals surface area contributed by atoms with E-state index in [-0.39, 0.29) is 5.56 Å². The van der Waals surface area contributed by atoms with Crippen LogP contribution in [-0.2, 0) is 6.54 Å². The van der Waals surface area contributed by atoms with E-state index >= 15 is 0 Å². The first-order valence-electron chi connectivity index (χ1n) is 7.74. The Labute approximate surface area is 123 Å². The van der Waals surface area contributed by atoms with E-state index in [0.717, 1.165) is 43.4 Å². The quantitative estimate of drug-likeness (QED) is 0.867. The van der Waals surface area contributed by atoms with E-state index in [2.05, 4.69) is 20.2 Å². The van der Waals surface area contributed by atoms with Crippen molar-refractivity contribution in [2.24, 2.45) is 5.92 Å². The summed E-state index contributed by atoms with van der Waals surface area (Å²) in [5.41, 5.74) is 0.753. The molecule has 0 radical (unpaired) electrons. The van der Waals surface area contributed by atoms with Crippen molar-refractivity contribution in [1.82, 2.24) is 20.2 Å². The first kappa shape index (κ1) is 13.0.